The van der Waals surface area contributed by atoms with Gasteiger partial charge in [-0.2, -0.15) is 11.3 Å². The van der Waals surface area contributed by atoms with Crippen LogP contribution in [0.1, 0.15) is 17.4 Å². The normalized spacial score (nSPS) is 13.0. The first-order chi connectivity index (χ1) is 9.20. The summed E-state index contributed by atoms with van der Waals surface area (Å²) in [6.45, 7) is 0. The number of nitrogens with one attached hydrogen (secondary N) is 1. The molecule has 0 spiro atoms. The van der Waals surface area contributed by atoms with E-state index in [9.17, 15) is 0 Å². The Labute approximate surface area is 132 Å². The van der Waals surface area contributed by atoms with E-state index in [1.807, 2.05) is 19.2 Å². The highest BCUT2D eigenvalue weighted by molar-refractivity contribution is 9.11. The Bertz CT molecular complexity index is 719. The van der Waals surface area contributed by atoms with Crippen molar-refractivity contribution in [1.82, 2.24) is 5.32 Å². The Balaban J connectivity index is 2.12. The molecule has 0 bridgehead atoms. The van der Waals surface area contributed by atoms with Gasteiger partial charge in [0.1, 0.15) is 11.3 Å². The lowest BCUT2D eigenvalue weighted by Crippen LogP contribution is -2.16. The summed E-state index contributed by atoms with van der Waals surface area (Å²) in [5.41, 5.74) is 2.09. The minimum atomic E-state index is 0.0555. The molecular weight excluding hydrogens is 390 g/mol. The van der Waals surface area contributed by atoms with E-state index in [4.69, 9.17) is 4.42 Å². The van der Waals surface area contributed by atoms with Crippen molar-refractivity contribution in [2.75, 3.05) is 7.05 Å². The number of thiophene rings is 1. The maximum atomic E-state index is 6.01. The molecule has 1 N–H and O–H groups in total. The fraction of sp³-hybridized carbons (Fsp3) is 0.143. The molecule has 0 amide bonds. The van der Waals surface area contributed by atoms with Crippen molar-refractivity contribution in [3.8, 4) is 0 Å². The van der Waals surface area contributed by atoms with Crippen molar-refractivity contribution in [3.05, 3.63) is 55.3 Å². The molecule has 1 unspecified atom stereocenters. The van der Waals surface area contributed by atoms with Crippen LogP contribution in [-0.4, -0.2) is 7.05 Å². The first kappa shape index (κ1) is 13.4. The van der Waals surface area contributed by atoms with Gasteiger partial charge in [-0.1, -0.05) is 12.1 Å². The van der Waals surface area contributed by atoms with Gasteiger partial charge in [-0.3, -0.25) is 0 Å². The van der Waals surface area contributed by atoms with Crippen LogP contribution in [0.5, 0.6) is 0 Å². The zero-order valence-electron chi connectivity index (χ0n) is 10.1. The molecular formula is C14H11Br2NOS. The van der Waals surface area contributed by atoms with Crippen LogP contribution < -0.4 is 5.32 Å². The molecule has 3 rings (SSSR count). The summed E-state index contributed by atoms with van der Waals surface area (Å²) in [5, 5.41) is 8.63. The number of hydrogen-bond acceptors (Lipinski definition) is 3. The first-order valence-electron chi connectivity index (χ1n) is 5.77. The van der Waals surface area contributed by atoms with E-state index in [1.165, 1.54) is 5.56 Å². The number of furan rings is 1. The van der Waals surface area contributed by atoms with Crippen LogP contribution in [0.25, 0.3) is 11.0 Å². The summed E-state index contributed by atoms with van der Waals surface area (Å²) in [6.07, 6.45) is 0. The third-order valence-electron chi connectivity index (χ3n) is 3.04. The van der Waals surface area contributed by atoms with Crippen LogP contribution in [0.4, 0.5) is 0 Å². The lowest BCUT2D eigenvalue weighted by molar-refractivity contribution is 0.490. The summed E-state index contributed by atoms with van der Waals surface area (Å²) in [5.74, 6) is 0.920. The molecule has 98 valence electrons. The minimum absolute atomic E-state index is 0.0555. The molecule has 1 atom stereocenters. The molecule has 19 heavy (non-hydrogen) atoms. The molecule has 2 heterocycles. The van der Waals surface area contributed by atoms with Crippen molar-refractivity contribution in [1.29, 1.82) is 0 Å². The molecule has 0 fully saturated rings. The standard InChI is InChI=1S/C14H11Br2NOS/c1-17-13(9-6-19-7-11(9)16)12-5-8-3-2-4-10(15)14(8)18-12/h2-7,13,17H,1H3. The average molecular weight is 401 g/mol. The van der Waals surface area contributed by atoms with E-state index in [1.54, 1.807) is 11.3 Å². The third-order valence-corrected chi connectivity index (χ3v) is 5.42. The minimum Gasteiger partial charge on any atom is -0.458 e. The van der Waals surface area contributed by atoms with Crippen LogP contribution in [0.15, 0.2) is 48.4 Å². The van der Waals surface area contributed by atoms with Crippen molar-refractivity contribution >= 4 is 54.2 Å². The second kappa shape index (κ2) is 5.40. The van der Waals surface area contributed by atoms with Gasteiger partial charge in [-0.05, 0) is 56.4 Å². The van der Waals surface area contributed by atoms with Crippen molar-refractivity contribution < 1.29 is 4.42 Å². The van der Waals surface area contributed by atoms with Gasteiger partial charge in [0.2, 0.25) is 0 Å². The Morgan fingerprint density at radius 1 is 1.21 bits per heavy atom. The van der Waals surface area contributed by atoms with Crippen LogP contribution in [0.3, 0.4) is 0 Å². The van der Waals surface area contributed by atoms with Gasteiger partial charge in [-0.25, -0.2) is 0 Å². The van der Waals surface area contributed by atoms with Crippen LogP contribution in [0.2, 0.25) is 0 Å². The van der Waals surface area contributed by atoms with Crippen molar-refractivity contribution in [2.24, 2.45) is 0 Å². The van der Waals surface area contributed by atoms with E-state index in [0.29, 0.717) is 0 Å². The predicted molar refractivity (Wildman–Crippen MR) is 86.8 cm³/mol. The quantitative estimate of drug-likeness (QED) is 0.642. The maximum absolute atomic E-state index is 6.01. The van der Waals surface area contributed by atoms with Crippen molar-refractivity contribution in [3.63, 3.8) is 0 Å². The van der Waals surface area contributed by atoms with E-state index < -0.39 is 0 Å². The molecule has 5 heteroatoms. The smallest absolute Gasteiger partial charge is 0.148 e. The summed E-state index contributed by atoms with van der Waals surface area (Å²) in [6, 6.07) is 8.21. The summed E-state index contributed by atoms with van der Waals surface area (Å²) >= 11 is 8.78. The summed E-state index contributed by atoms with van der Waals surface area (Å²) in [7, 11) is 1.94. The van der Waals surface area contributed by atoms with Crippen LogP contribution in [-0.2, 0) is 0 Å². The molecule has 0 saturated carbocycles. The van der Waals surface area contributed by atoms with Gasteiger partial charge in [0.25, 0.3) is 0 Å². The Kier molecular flexibility index (Phi) is 3.80. The Hall–Kier alpha value is -0.620. The molecule has 2 aromatic heterocycles. The zero-order valence-corrected chi connectivity index (χ0v) is 14.1. The largest absolute Gasteiger partial charge is 0.458 e. The van der Waals surface area contributed by atoms with Gasteiger partial charge in [0, 0.05) is 20.8 Å². The highest BCUT2D eigenvalue weighted by Crippen LogP contribution is 2.35. The van der Waals surface area contributed by atoms with Crippen molar-refractivity contribution in [2.45, 2.75) is 6.04 Å². The van der Waals surface area contributed by atoms with Gasteiger partial charge < -0.3 is 9.73 Å². The molecule has 3 aromatic rings. The molecule has 0 aliphatic heterocycles. The van der Waals surface area contributed by atoms with Gasteiger partial charge in [0.05, 0.1) is 10.5 Å². The Morgan fingerprint density at radius 3 is 2.68 bits per heavy atom. The zero-order chi connectivity index (χ0) is 13.4. The lowest BCUT2D eigenvalue weighted by Gasteiger charge is -2.12. The number of benzene rings is 1. The lowest BCUT2D eigenvalue weighted by atomic mass is 10.1. The fourth-order valence-electron chi connectivity index (χ4n) is 2.14. The van der Waals surface area contributed by atoms with E-state index in [0.717, 1.165) is 25.7 Å². The molecule has 0 aliphatic carbocycles. The second-order valence-electron chi connectivity index (χ2n) is 4.20. The third kappa shape index (κ3) is 2.40. The predicted octanol–water partition coefficient (Wildman–Crippen LogP) is 5.33. The number of para-hydroxylation sites is 1. The molecule has 0 aliphatic rings. The number of rotatable bonds is 3. The number of halogens is 2. The van der Waals surface area contributed by atoms with Gasteiger partial charge in [0.15, 0.2) is 0 Å². The van der Waals surface area contributed by atoms with E-state index in [-0.39, 0.29) is 6.04 Å². The van der Waals surface area contributed by atoms with E-state index >= 15 is 0 Å². The average Bonchev–Trinajstić information content (AvgIpc) is 2.99. The fourth-order valence-corrected chi connectivity index (χ4v) is 4.15. The molecule has 1 aromatic carbocycles. The Morgan fingerprint density at radius 2 is 2.05 bits per heavy atom. The number of hydrogen-bond donors (Lipinski definition) is 1. The highest BCUT2D eigenvalue weighted by atomic mass is 79.9. The topological polar surface area (TPSA) is 25.2 Å². The maximum Gasteiger partial charge on any atom is 0.148 e. The van der Waals surface area contributed by atoms with Crippen LogP contribution in [0, 0.1) is 0 Å². The SMILES string of the molecule is CNC(c1cc2cccc(Br)c2o1)c1cscc1Br. The second-order valence-corrected chi connectivity index (χ2v) is 6.66. The first-order valence-corrected chi connectivity index (χ1v) is 8.30. The molecule has 0 radical (unpaired) electrons. The monoisotopic (exact) mass is 399 g/mol. The van der Waals surface area contributed by atoms with E-state index in [2.05, 4.69) is 60.1 Å². The summed E-state index contributed by atoms with van der Waals surface area (Å²) < 4.78 is 8.09. The van der Waals surface area contributed by atoms with Gasteiger partial charge in [-0.15, -0.1) is 0 Å². The van der Waals surface area contributed by atoms with Gasteiger partial charge >= 0.3 is 0 Å². The summed E-state index contributed by atoms with van der Waals surface area (Å²) in [4.78, 5) is 0. The number of fused-ring (bicyclic) bond motifs is 1. The highest BCUT2D eigenvalue weighted by Gasteiger charge is 2.20. The molecule has 2 nitrogen and oxygen atoms in total. The molecule has 0 saturated heterocycles. The van der Waals surface area contributed by atoms with Crippen LogP contribution >= 0.6 is 43.2 Å².